The molecule has 0 spiro atoms. The van der Waals surface area contributed by atoms with Gasteiger partial charge in [-0.3, -0.25) is 14.4 Å². The summed E-state index contributed by atoms with van der Waals surface area (Å²) in [4.78, 5) is 49.0. The number of rotatable bonds is 11. The van der Waals surface area contributed by atoms with Crippen LogP contribution in [0.3, 0.4) is 0 Å². The van der Waals surface area contributed by atoms with Gasteiger partial charge in [-0.25, -0.2) is 9.37 Å². The summed E-state index contributed by atoms with van der Waals surface area (Å²) in [5.41, 5.74) is 2.77. The number of carbonyl (C=O) groups excluding carboxylic acids is 3. The van der Waals surface area contributed by atoms with Crippen LogP contribution in [0.25, 0.3) is 0 Å². The fourth-order valence-electron chi connectivity index (χ4n) is 4.79. The summed E-state index contributed by atoms with van der Waals surface area (Å²) in [6.07, 6.45) is 3.47. The first-order chi connectivity index (χ1) is 20.4. The van der Waals surface area contributed by atoms with Gasteiger partial charge in [0.2, 0.25) is 11.8 Å². The molecule has 3 N–H and O–H groups in total. The van der Waals surface area contributed by atoms with Crippen LogP contribution < -0.4 is 15.4 Å². The third-order valence-corrected chi connectivity index (χ3v) is 7.18. The SMILES string of the molecule is COc1ccc(C[C@H](NC(=O)[C@H](Cc2cnc[nH]2)NC(=O)c2ccccc2)C(=O)N2C[C](c3ccc(F)cc3)C2)cc1. The van der Waals surface area contributed by atoms with Crippen molar-refractivity contribution >= 4 is 17.7 Å². The van der Waals surface area contributed by atoms with Gasteiger partial charge in [0.1, 0.15) is 23.7 Å². The van der Waals surface area contributed by atoms with Crippen molar-refractivity contribution in [3.05, 3.63) is 126 Å². The van der Waals surface area contributed by atoms with E-state index in [2.05, 4.69) is 20.6 Å². The van der Waals surface area contributed by atoms with Gasteiger partial charge in [-0.2, -0.15) is 0 Å². The predicted octanol–water partition coefficient (Wildman–Crippen LogP) is 3.09. The smallest absolute Gasteiger partial charge is 0.251 e. The number of carbonyl (C=O) groups is 3. The Bertz CT molecular complexity index is 1490. The molecule has 3 aromatic carbocycles. The lowest BCUT2D eigenvalue weighted by molar-refractivity contribution is -0.138. The number of methoxy groups -OCH3 is 1. The maximum Gasteiger partial charge on any atom is 0.251 e. The molecule has 1 radical (unpaired) electrons. The molecule has 9 nitrogen and oxygen atoms in total. The zero-order valence-corrected chi connectivity index (χ0v) is 23.0. The van der Waals surface area contributed by atoms with Crippen LogP contribution in [0.5, 0.6) is 5.75 Å². The van der Waals surface area contributed by atoms with Crippen LogP contribution in [0.15, 0.2) is 91.4 Å². The van der Waals surface area contributed by atoms with Gasteiger partial charge in [-0.05, 0) is 47.5 Å². The number of halogens is 1. The Morgan fingerprint density at radius 1 is 0.929 bits per heavy atom. The highest BCUT2D eigenvalue weighted by molar-refractivity contribution is 5.98. The van der Waals surface area contributed by atoms with E-state index >= 15 is 0 Å². The molecule has 1 aliphatic rings. The fourth-order valence-corrected chi connectivity index (χ4v) is 4.79. The van der Waals surface area contributed by atoms with E-state index in [-0.39, 0.29) is 24.6 Å². The standard InChI is InChI=1S/C32H31FN5O4/c1-42-27-13-7-21(8-14-27)15-29(32(41)38-18-24(19-38)22-9-11-25(33)12-10-22)37-31(40)28(16-26-17-34-20-35-26)36-30(39)23-5-3-2-4-6-23/h2-14,17,20,28-29H,15-16,18-19H2,1H3,(H,34,35)(H,36,39)(H,37,40)/t28-,29-/m0/s1. The van der Waals surface area contributed by atoms with Crippen molar-refractivity contribution in [1.82, 2.24) is 25.5 Å². The number of ether oxygens (including phenoxy) is 1. The number of hydrogen-bond donors (Lipinski definition) is 3. The van der Waals surface area contributed by atoms with Crippen LogP contribution >= 0.6 is 0 Å². The number of likely N-dealkylation sites (tertiary alicyclic amines) is 1. The predicted molar refractivity (Wildman–Crippen MR) is 154 cm³/mol. The Morgan fingerprint density at radius 2 is 1.64 bits per heavy atom. The van der Waals surface area contributed by atoms with Gasteiger partial charge in [0.25, 0.3) is 5.91 Å². The molecule has 10 heteroatoms. The Morgan fingerprint density at radius 3 is 2.29 bits per heavy atom. The summed E-state index contributed by atoms with van der Waals surface area (Å²) in [6.45, 7) is 0.754. The molecule has 0 aliphatic carbocycles. The monoisotopic (exact) mass is 568 g/mol. The van der Waals surface area contributed by atoms with E-state index in [9.17, 15) is 18.8 Å². The van der Waals surface area contributed by atoms with Crippen LogP contribution in [0.1, 0.15) is 27.2 Å². The van der Waals surface area contributed by atoms with Crippen molar-refractivity contribution in [2.45, 2.75) is 24.9 Å². The second-order valence-electron chi connectivity index (χ2n) is 10.1. The van der Waals surface area contributed by atoms with Gasteiger partial charge in [0.05, 0.1) is 13.4 Å². The van der Waals surface area contributed by atoms with Crippen LogP contribution in [-0.2, 0) is 22.4 Å². The first-order valence-electron chi connectivity index (χ1n) is 13.6. The van der Waals surface area contributed by atoms with Gasteiger partial charge in [-0.1, -0.05) is 42.5 Å². The molecule has 4 aromatic rings. The molecule has 5 rings (SSSR count). The number of imidazole rings is 1. The number of nitrogens with one attached hydrogen (secondary N) is 3. The third-order valence-electron chi connectivity index (χ3n) is 7.18. The second kappa shape index (κ2) is 13.1. The lowest BCUT2D eigenvalue weighted by Gasteiger charge is -2.41. The molecule has 1 fully saturated rings. The zero-order valence-electron chi connectivity index (χ0n) is 23.0. The number of amides is 3. The van der Waals surface area contributed by atoms with Crippen molar-refractivity contribution in [3.63, 3.8) is 0 Å². The Labute approximate surface area is 243 Å². The first-order valence-corrected chi connectivity index (χ1v) is 13.6. The van der Waals surface area contributed by atoms with E-state index in [4.69, 9.17) is 4.74 Å². The van der Waals surface area contributed by atoms with Crippen molar-refractivity contribution < 1.29 is 23.5 Å². The molecular formula is C32H31FN5O4. The average Bonchev–Trinajstić information content (AvgIpc) is 3.50. The second-order valence-corrected chi connectivity index (χ2v) is 10.1. The molecule has 1 aromatic heterocycles. The van der Waals surface area contributed by atoms with Gasteiger partial charge in [0, 0.05) is 49.3 Å². The molecule has 0 saturated carbocycles. The topological polar surface area (TPSA) is 116 Å². The molecule has 0 bridgehead atoms. The summed E-state index contributed by atoms with van der Waals surface area (Å²) in [5, 5.41) is 5.72. The molecule has 3 amide bonds. The summed E-state index contributed by atoms with van der Waals surface area (Å²) in [6, 6.07) is 20.2. The van der Waals surface area contributed by atoms with E-state index in [1.807, 2.05) is 12.1 Å². The molecular weight excluding hydrogens is 537 g/mol. The normalized spacial score (nSPS) is 14.4. The lowest BCUT2D eigenvalue weighted by Crippen LogP contribution is -2.59. The zero-order chi connectivity index (χ0) is 29.5. The van der Waals surface area contributed by atoms with E-state index in [0.29, 0.717) is 30.1 Å². The third kappa shape index (κ3) is 7.01. The van der Waals surface area contributed by atoms with Crippen LogP contribution in [0, 0.1) is 11.7 Å². The maximum absolute atomic E-state index is 13.7. The van der Waals surface area contributed by atoms with E-state index < -0.39 is 23.9 Å². The van der Waals surface area contributed by atoms with Crippen LogP contribution in [0.2, 0.25) is 0 Å². The minimum absolute atomic E-state index is 0.153. The van der Waals surface area contributed by atoms with Gasteiger partial charge < -0.3 is 25.3 Å². The van der Waals surface area contributed by atoms with Crippen LogP contribution in [0.4, 0.5) is 4.39 Å². The van der Waals surface area contributed by atoms with E-state index in [0.717, 1.165) is 17.0 Å². The number of aromatic nitrogens is 2. The van der Waals surface area contributed by atoms with E-state index in [1.54, 1.807) is 72.8 Å². The molecule has 0 unspecified atom stereocenters. The van der Waals surface area contributed by atoms with Crippen molar-refractivity contribution in [3.8, 4) is 5.75 Å². The molecule has 1 saturated heterocycles. The highest BCUT2D eigenvalue weighted by Crippen LogP contribution is 2.27. The average molecular weight is 569 g/mol. The Balaban J connectivity index is 1.33. The highest BCUT2D eigenvalue weighted by atomic mass is 19.1. The number of aromatic amines is 1. The maximum atomic E-state index is 13.7. The van der Waals surface area contributed by atoms with Crippen LogP contribution in [-0.4, -0.2) is 64.9 Å². The molecule has 1 aliphatic heterocycles. The van der Waals surface area contributed by atoms with Gasteiger partial charge >= 0.3 is 0 Å². The van der Waals surface area contributed by atoms with Gasteiger partial charge in [-0.15, -0.1) is 0 Å². The summed E-state index contributed by atoms with van der Waals surface area (Å²) >= 11 is 0. The van der Waals surface area contributed by atoms with Gasteiger partial charge in [0.15, 0.2) is 0 Å². The molecule has 42 heavy (non-hydrogen) atoms. The quantitative estimate of drug-likeness (QED) is 0.257. The summed E-state index contributed by atoms with van der Waals surface area (Å²) in [5.74, 6) is 0.205. The molecule has 2 atom stereocenters. The minimum atomic E-state index is -0.970. The number of nitrogens with zero attached hydrogens (tertiary/aromatic N) is 2. The first kappa shape index (κ1) is 28.5. The number of hydrogen-bond acceptors (Lipinski definition) is 5. The minimum Gasteiger partial charge on any atom is -0.497 e. The van der Waals surface area contributed by atoms with Crippen molar-refractivity contribution in [2.24, 2.45) is 0 Å². The summed E-state index contributed by atoms with van der Waals surface area (Å²) < 4.78 is 18.6. The summed E-state index contributed by atoms with van der Waals surface area (Å²) in [7, 11) is 1.57. The Hall–Kier alpha value is -4.99. The highest BCUT2D eigenvalue weighted by Gasteiger charge is 2.37. The number of H-pyrrole nitrogens is 1. The lowest BCUT2D eigenvalue weighted by atomic mass is 9.90. The Kier molecular flexibility index (Phi) is 8.91. The number of benzene rings is 3. The molecule has 215 valence electrons. The fraction of sp³-hybridized carbons (Fsp3) is 0.219. The largest absolute Gasteiger partial charge is 0.497 e. The van der Waals surface area contributed by atoms with Crippen molar-refractivity contribution in [2.75, 3.05) is 20.2 Å². The van der Waals surface area contributed by atoms with E-state index in [1.165, 1.54) is 18.5 Å². The molecule has 2 heterocycles. The van der Waals surface area contributed by atoms with Crippen molar-refractivity contribution in [1.29, 1.82) is 0 Å².